The molecule has 0 radical (unpaired) electrons. The average Bonchev–Trinajstić information content (AvgIpc) is 3.39. The summed E-state index contributed by atoms with van der Waals surface area (Å²) >= 11 is 4.78. The summed E-state index contributed by atoms with van der Waals surface area (Å²) in [6.45, 7) is 3.42. The number of nitrogens with zero attached hydrogens (tertiary/aromatic N) is 4. The number of thiophene rings is 2. The Bertz CT molecular complexity index is 843. The van der Waals surface area contributed by atoms with Crippen LogP contribution in [0.1, 0.15) is 17.8 Å². The Morgan fingerprint density at radius 3 is 2.67 bits per heavy atom. The Labute approximate surface area is 171 Å². The molecule has 3 heterocycles. The fourth-order valence-corrected chi connectivity index (χ4v) is 5.15. The van der Waals surface area contributed by atoms with Crippen molar-refractivity contribution in [3.8, 4) is 10.7 Å². The summed E-state index contributed by atoms with van der Waals surface area (Å²) in [6, 6.07) is 8.37. The Morgan fingerprint density at radius 2 is 2.04 bits per heavy atom. The molecule has 144 valence electrons. The predicted octanol–water partition coefficient (Wildman–Crippen LogP) is 3.60. The SMILES string of the molecule is CCn1c(SCC(=O)NCC(c2cccs2)N(C)C)nnc1-c1cccs1. The van der Waals surface area contributed by atoms with Crippen LogP contribution in [0.25, 0.3) is 10.7 Å². The fourth-order valence-electron chi connectivity index (χ4n) is 2.68. The molecule has 9 heteroatoms. The third-order valence-corrected chi connectivity index (χ3v) is 6.90. The van der Waals surface area contributed by atoms with Gasteiger partial charge in [-0.25, -0.2) is 0 Å². The lowest BCUT2D eigenvalue weighted by Crippen LogP contribution is -2.35. The summed E-state index contributed by atoms with van der Waals surface area (Å²) in [5.41, 5.74) is 0. The molecule has 3 rings (SSSR count). The van der Waals surface area contributed by atoms with Crippen LogP contribution in [0.4, 0.5) is 0 Å². The zero-order valence-electron chi connectivity index (χ0n) is 15.6. The van der Waals surface area contributed by atoms with Gasteiger partial charge in [0, 0.05) is 18.0 Å². The normalized spacial score (nSPS) is 12.4. The summed E-state index contributed by atoms with van der Waals surface area (Å²) in [7, 11) is 4.06. The molecule has 1 unspecified atom stereocenters. The lowest BCUT2D eigenvalue weighted by atomic mass is 10.2. The van der Waals surface area contributed by atoms with E-state index in [0.29, 0.717) is 12.3 Å². The molecule has 0 aliphatic rings. The van der Waals surface area contributed by atoms with E-state index in [-0.39, 0.29) is 11.9 Å². The van der Waals surface area contributed by atoms with E-state index in [1.807, 2.05) is 37.7 Å². The van der Waals surface area contributed by atoms with Crippen molar-refractivity contribution < 1.29 is 4.79 Å². The second-order valence-corrected chi connectivity index (χ2v) is 8.98. The maximum atomic E-state index is 12.3. The van der Waals surface area contributed by atoms with Crippen LogP contribution >= 0.6 is 34.4 Å². The van der Waals surface area contributed by atoms with Crippen LogP contribution in [0, 0.1) is 0 Å². The van der Waals surface area contributed by atoms with Crippen LogP contribution in [0.2, 0.25) is 0 Å². The molecule has 1 atom stereocenters. The van der Waals surface area contributed by atoms with Crippen LogP contribution in [0.15, 0.2) is 40.2 Å². The number of carbonyl (C=O) groups is 1. The van der Waals surface area contributed by atoms with Gasteiger partial charge in [-0.15, -0.1) is 32.9 Å². The van der Waals surface area contributed by atoms with Gasteiger partial charge in [0.25, 0.3) is 0 Å². The average molecular weight is 422 g/mol. The Hall–Kier alpha value is -1.68. The zero-order valence-corrected chi connectivity index (χ0v) is 18.0. The monoisotopic (exact) mass is 421 g/mol. The second kappa shape index (κ2) is 9.50. The summed E-state index contributed by atoms with van der Waals surface area (Å²) < 4.78 is 2.05. The van der Waals surface area contributed by atoms with Crippen molar-refractivity contribution in [2.75, 3.05) is 26.4 Å². The zero-order chi connectivity index (χ0) is 19.2. The second-order valence-electron chi connectivity index (χ2n) is 6.12. The molecule has 27 heavy (non-hydrogen) atoms. The molecule has 0 saturated heterocycles. The molecular weight excluding hydrogens is 398 g/mol. The van der Waals surface area contributed by atoms with Crippen LogP contribution < -0.4 is 5.32 Å². The first kappa shape index (κ1) is 20.1. The molecule has 1 amide bonds. The number of likely N-dealkylation sites (N-methyl/N-ethyl adjacent to an activating group) is 1. The first-order valence-electron chi connectivity index (χ1n) is 8.66. The number of thioether (sulfide) groups is 1. The highest BCUT2D eigenvalue weighted by Gasteiger charge is 2.18. The lowest BCUT2D eigenvalue weighted by Gasteiger charge is -2.23. The van der Waals surface area contributed by atoms with E-state index < -0.39 is 0 Å². The molecule has 3 aromatic heterocycles. The third kappa shape index (κ3) is 4.98. The van der Waals surface area contributed by atoms with Crippen molar-refractivity contribution in [3.63, 3.8) is 0 Å². The molecule has 0 saturated carbocycles. The smallest absolute Gasteiger partial charge is 0.230 e. The van der Waals surface area contributed by atoms with Crippen molar-refractivity contribution in [2.45, 2.75) is 24.7 Å². The number of carbonyl (C=O) groups excluding carboxylic acids is 1. The van der Waals surface area contributed by atoms with E-state index in [0.717, 1.165) is 22.4 Å². The molecule has 0 spiro atoms. The van der Waals surface area contributed by atoms with Crippen LogP contribution in [0.5, 0.6) is 0 Å². The molecule has 0 aromatic carbocycles. The fraction of sp³-hybridized carbons (Fsp3) is 0.389. The minimum Gasteiger partial charge on any atom is -0.353 e. The molecule has 0 fully saturated rings. The van der Waals surface area contributed by atoms with E-state index in [4.69, 9.17) is 0 Å². The summed E-state index contributed by atoms with van der Waals surface area (Å²) in [5, 5.41) is 16.5. The van der Waals surface area contributed by atoms with Crippen molar-refractivity contribution in [2.24, 2.45) is 0 Å². The maximum Gasteiger partial charge on any atom is 0.230 e. The van der Waals surface area contributed by atoms with Crippen molar-refractivity contribution >= 4 is 40.3 Å². The molecule has 0 aliphatic carbocycles. The van der Waals surface area contributed by atoms with E-state index >= 15 is 0 Å². The molecule has 6 nitrogen and oxygen atoms in total. The van der Waals surface area contributed by atoms with Crippen molar-refractivity contribution in [1.29, 1.82) is 0 Å². The molecule has 0 aliphatic heterocycles. The van der Waals surface area contributed by atoms with Crippen LogP contribution in [-0.2, 0) is 11.3 Å². The summed E-state index contributed by atoms with van der Waals surface area (Å²) in [6.07, 6.45) is 0. The summed E-state index contributed by atoms with van der Waals surface area (Å²) in [4.78, 5) is 16.8. The molecule has 3 aromatic rings. The van der Waals surface area contributed by atoms with Gasteiger partial charge in [0.1, 0.15) is 0 Å². The van der Waals surface area contributed by atoms with Crippen molar-refractivity contribution in [3.05, 3.63) is 39.9 Å². The van der Waals surface area contributed by atoms with Gasteiger partial charge < -0.3 is 14.8 Å². The number of aromatic nitrogens is 3. The largest absolute Gasteiger partial charge is 0.353 e. The number of hydrogen-bond acceptors (Lipinski definition) is 7. The van der Waals surface area contributed by atoms with Gasteiger partial charge in [0.05, 0.1) is 16.7 Å². The Balaban J connectivity index is 1.56. The van der Waals surface area contributed by atoms with Crippen molar-refractivity contribution in [1.82, 2.24) is 25.0 Å². The highest BCUT2D eigenvalue weighted by Crippen LogP contribution is 2.27. The maximum absolute atomic E-state index is 12.3. The van der Waals surface area contributed by atoms with E-state index in [1.54, 1.807) is 22.7 Å². The standard InChI is InChI=1S/C18H23N5OS3/c1-4-23-17(15-8-6-10-26-15)20-21-18(23)27-12-16(24)19-11-13(22(2)3)14-7-5-9-25-14/h5-10,13H,4,11-12H2,1-3H3,(H,19,24). The number of amides is 1. The minimum atomic E-state index is 0.00623. The number of nitrogens with one attached hydrogen (secondary N) is 1. The Kier molecular flexibility index (Phi) is 7.06. The van der Waals surface area contributed by atoms with Gasteiger partial charge in [-0.2, -0.15) is 0 Å². The number of rotatable bonds is 9. The van der Waals surface area contributed by atoms with E-state index in [9.17, 15) is 4.79 Å². The first-order valence-corrected chi connectivity index (χ1v) is 11.4. The van der Waals surface area contributed by atoms with Gasteiger partial charge in [-0.1, -0.05) is 23.9 Å². The van der Waals surface area contributed by atoms with E-state index in [2.05, 4.69) is 43.4 Å². The van der Waals surface area contributed by atoms with E-state index in [1.165, 1.54) is 16.6 Å². The Morgan fingerprint density at radius 1 is 1.26 bits per heavy atom. The van der Waals surface area contributed by atoms with Gasteiger partial charge in [0.2, 0.25) is 5.91 Å². The summed E-state index contributed by atoms with van der Waals surface area (Å²) in [5.74, 6) is 1.19. The van der Waals surface area contributed by atoms with Gasteiger partial charge in [-0.3, -0.25) is 4.79 Å². The highest BCUT2D eigenvalue weighted by molar-refractivity contribution is 7.99. The molecular formula is C18H23N5OS3. The predicted molar refractivity (Wildman–Crippen MR) is 113 cm³/mol. The lowest BCUT2D eigenvalue weighted by molar-refractivity contribution is -0.118. The van der Waals surface area contributed by atoms with Gasteiger partial charge in [0.15, 0.2) is 11.0 Å². The molecule has 1 N–H and O–H groups in total. The third-order valence-electron chi connectivity index (χ3n) is 4.09. The number of hydrogen-bond donors (Lipinski definition) is 1. The van der Waals surface area contributed by atoms with Crippen LogP contribution in [-0.4, -0.2) is 52.0 Å². The first-order chi connectivity index (χ1) is 13.1. The van der Waals surface area contributed by atoms with Crippen LogP contribution in [0.3, 0.4) is 0 Å². The molecule has 0 bridgehead atoms. The van der Waals surface area contributed by atoms with Gasteiger partial charge in [-0.05, 0) is 43.9 Å². The highest BCUT2D eigenvalue weighted by atomic mass is 32.2. The van der Waals surface area contributed by atoms with Gasteiger partial charge >= 0.3 is 0 Å². The quantitative estimate of drug-likeness (QED) is 0.535. The minimum absolute atomic E-state index is 0.00623. The topological polar surface area (TPSA) is 63.1 Å².